The number of benzene rings is 1. The molecule has 1 saturated carbocycles. The highest BCUT2D eigenvalue weighted by atomic mass is 16.2. The standard InChI is InChI=1S/C22H24N4O/c27-22-24-15-20(26(22)19-10-12-25-13-11-23-21(25)14-19)18-8-6-17(7-9-18)16-4-2-1-3-5-16/h6-14,16,20H,1-5,15H2,(H,24,27). The lowest BCUT2D eigenvalue weighted by Gasteiger charge is -2.25. The molecule has 5 heteroatoms. The van der Waals surface area contributed by atoms with Gasteiger partial charge in [0.25, 0.3) is 0 Å². The van der Waals surface area contributed by atoms with Crippen LogP contribution in [-0.4, -0.2) is 22.0 Å². The molecule has 1 N–H and O–H groups in total. The number of imidazole rings is 1. The van der Waals surface area contributed by atoms with Crippen molar-refractivity contribution >= 4 is 17.4 Å². The number of amides is 2. The van der Waals surface area contributed by atoms with Crippen LogP contribution in [0.3, 0.4) is 0 Å². The maximum atomic E-state index is 12.5. The zero-order valence-corrected chi connectivity index (χ0v) is 15.3. The van der Waals surface area contributed by atoms with Gasteiger partial charge in [-0.25, -0.2) is 9.78 Å². The maximum absolute atomic E-state index is 12.5. The minimum atomic E-state index is -0.0488. The average molecular weight is 360 g/mol. The van der Waals surface area contributed by atoms with Crippen LogP contribution in [0.1, 0.15) is 55.2 Å². The number of pyridine rings is 1. The average Bonchev–Trinajstić information content (AvgIpc) is 3.34. The second-order valence-electron chi connectivity index (χ2n) is 7.65. The van der Waals surface area contributed by atoms with Crippen LogP contribution in [0.25, 0.3) is 5.65 Å². The number of urea groups is 1. The first kappa shape index (κ1) is 16.4. The summed E-state index contributed by atoms with van der Waals surface area (Å²) < 4.78 is 1.95. The minimum absolute atomic E-state index is 0.00955. The molecule has 1 aliphatic carbocycles. The van der Waals surface area contributed by atoms with E-state index in [4.69, 9.17) is 0 Å². The van der Waals surface area contributed by atoms with Gasteiger partial charge in [0.2, 0.25) is 0 Å². The van der Waals surface area contributed by atoms with E-state index in [1.165, 1.54) is 43.2 Å². The third-order valence-corrected chi connectivity index (χ3v) is 6.03. The Morgan fingerprint density at radius 2 is 1.74 bits per heavy atom. The van der Waals surface area contributed by atoms with E-state index in [-0.39, 0.29) is 12.1 Å². The third-order valence-electron chi connectivity index (χ3n) is 6.03. The fraction of sp³-hybridized carbons (Fsp3) is 0.364. The number of hydrogen-bond acceptors (Lipinski definition) is 2. The highest BCUT2D eigenvalue weighted by Gasteiger charge is 2.33. The summed E-state index contributed by atoms with van der Waals surface area (Å²) in [7, 11) is 0. The zero-order chi connectivity index (χ0) is 18.2. The molecule has 1 aliphatic heterocycles. The van der Waals surface area contributed by atoms with Crippen molar-refractivity contribution in [3.05, 3.63) is 66.1 Å². The van der Waals surface area contributed by atoms with E-state index in [0.717, 1.165) is 11.3 Å². The molecule has 2 aromatic heterocycles. The fourth-order valence-electron chi connectivity index (χ4n) is 4.54. The molecule has 1 aromatic carbocycles. The second kappa shape index (κ2) is 6.72. The van der Waals surface area contributed by atoms with E-state index < -0.39 is 0 Å². The van der Waals surface area contributed by atoms with Gasteiger partial charge in [-0.3, -0.25) is 4.90 Å². The van der Waals surface area contributed by atoms with Crippen LogP contribution in [0.15, 0.2) is 55.0 Å². The Morgan fingerprint density at radius 3 is 2.56 bits per heavy atom. The summed E-state index contributed by atoms with van der Waals surface area (Å²) in [6, 6.07) is 12.8. The van der Waals surface area contributed by atoms with E-state index >= 15 is 0 Å². The fourth-order valence-corrected chi connectivity index (χ4v) is 4.54. The molecule has 3 aromatic rings. The van der Waals surface area contributed by atoms with Gasteiger partial charge in [0, 0.05) is 31.2 Å². The van der Waals surface area contributed by atoms with Crippen molar-refractivity contribution in [1.29, 1.82) is 0 Å². The Hall–Kier alpha value is -2.82. The molecule has 2 aliphatic rings. The number of hydrogen-bond donors (Lipinski definition) is 1. The highest BCUT2D eigenvalue weighted by Crippen LogP contribution is 2.35. The highest BCUT2D eigenvalue weighted by molar-refractivity contribution is 5.95. The lowest BCUT2D eigenvalue weighted by atomic mass is 9.83. The quantitative estimate of drug-likeness (QED) is 0.739. The van der Waals surface area contributed by atoms with E-state index in [0.29, 0.717) is 12.5 Å². The molecule has 0 bridgehead atoms. The molecule has 138 valence electrons. The number of rotatable bonds is 3. The van der Waals surface area contributed by atoms with Crippen LogP contribution in [0.5, 0.6) is 0 Å². The molecule has 27 heavy (non-hydrogen) atoms. The van der Waals surface area contributed by atoms with Crippen molar-refractivity contribution in [2.24, 2.45) is 0 Å². The number of carbonyl (C=O) groups is 1. The maximum Gasteiger partial charge on any atom is 0.322 e. The molecule has 1 unspecified atom stereocenters. The third kappa shape index (κ3) is 2.97. The molecule has 1 saturated heterocycles. The Kier molecular flexibility index (Phi) is 4.07. The second-order valence-corrected chi connectivity index (χ2v) is 7.65. The van der Waals surface area contributed by atoms with E-state index in [2.05, 4.69) is 34.6 Å². The first-order valence-corrected chi connectivity index (χ1v) is 9.89. The van der Waals surface area contributed by atoms with Gasteiger partial charge >= 0.3 is 6.03 Å². The normalized spacial score (nSPS) is 21.0. The molecule has 3 heterocycles. The van der Waals surface area contributed by atoms with Crippen molar-refractivity contribution in [3.63, 3.8) is 0 Å². The zero-order valence-electron chi connectivity index (χ0n) is 15.3. The Morgan fingerprint density at radius 1 is 0.963 bits per heavy atom. The van der Waals surface area contributed by atoms with Crippen LogP contribution >= 0.6 is 0 Å². The van der Waals surface area contributed by atoms with Crippen LogP contribution in [0.2, 0.25) is 0 Å². The van der Waals surface area contributed by atoms with Crippen LogP contribution in [0, 0.1) is 0 Å². The monoisotopic (exact) mass is 360 g/mol. The predicted octanol–water partition coefficient (Wildman–Crippen LogP) is 4.65. The summed E-state index contributed by atoms with van der Waals surface area (Å²) in [6.45, 7) is 0.626. The van der Waals surface area contributed by atoms with Crippen molar-refractivity contribution in [3.8, 4) is 0 Å². The molecule has 0 radical (unpaired) electrons. The van der Waals surface area contributed by atoms with Gasteiger partial charge in [0.15, 0.2) is 0 Å². The molecular formula is C22H24N4O. The molecular weight excluding hydrogens is 336 g/mol. The van der Waals surface area contributed by atoms with Crippen LogP contribution in [-0.2, 0) is 0 Å². The number of anilines is 1. The van der Waals surface area contributed by atoms with E-state index in [1.54, 1.807) is 6.20 Å². The molecule has 5 nitrogen and oxygen atoms in total. The largest absolute Gasteiger partial charge is 0.335 e. The summed E-state index contributed by atoms with van der Waals surface area (Å²) in [5, 5.41) is 3.00. The lowest BCUT2D eigenvalue weighted by molar-refractivity contribution is 0.251. The Labute approximate surface area is 159 Å². The van der Waals surface area contributed by atoms with Crippen molar-refractivity contribution in [1.82, 2.24) is 14.7 Å². The number of carbonyl (C=O) groups excluding carboxylic acids is 1. The van der Waals surface area contributed by atoms with E-state index in [1.807, 2.05) is 33.8 Å². The number of aromatic nitrogens is 2. The minimum Gasteiger partial charge on any atom is -0.335 e. The molecule has 2 fully saturated rings. The summed E-state index contributed by atoms with van der Waals surface area (Å²) in [5.74, 6) is 0.704. The SMILES string of the molecule is O=C1NCC(c2ccc(C3CCCCC3)cc2)N1c1ccn2ccnc2c1. The van der Waals surface area contributed by atoms with Gasteiger partial charge in [-0.15, -0.1) is 0 Å². The first-order chi connectivity index (χ1) is 13.3. The van der Waals surface area contributed by atoms with Crippen molar-refractivity contribution in [2.75, 3.05) is 11.4 Å². The number of fused-ring (bicyclic) bond motifs is 1. The van der Waals surface area contributed by atoms with Gasteiger partial charge in [-0.2, -0.15) is 0 Å². The smallest absolute Gasteiger partial charge is 0.322 e. The molecule has 0 spiro atoms. The van der Waals surface area contributed by atoms with Gasteiger partial charge in [0.05, 0.1) is 11.7 Å². The molecule has 2 amide bonds. The first-order valence-electron chi connectivity index (χ1n) is 9.89. The van der Waals surface area contributed by atoms with Gasteiger partial charge < -0.3 is 9.72 Å². The summed E-state index contributed by atoms with van der Waals surface area (Å²) in [5.41, 5.74) is 4.35. The van der Waals surface area contributed by atoms with Gasteiger partial charge in [-0.05, 0) is 36.0 Å². The molecule has 1 atom stereocenters. The summed E-state index contributed by atoms with van der Waals surface area (Å²) >= 11 is 0. The predicted molar refractivity (Wildman–Crippen MR) is 106 cm³/mol. The van der Waals surface area contributed by atoms with Crippen molar-refractivity contribution < 1.29 is 4.79 Å². The summed E-state index contributed by atoms with van der Waals surface area (Å²) in [4.78, 5) is 18.7. The van der Waals surface area contributed by atoms with Gasteiger partial charge in [-0.1, -0.05) is 43.5 Å². The topological polar surface area (TPSA) is 49.6 Å². The molecule has 5 rings (SSSR count). The summed E-state index contributed by atoms with van der Waals surface area (Å²) in [6.07, 6.45) is 12.3. The Bertz CT molecular complexity index is 956. The Balaban J connectivity index is 1.43. The van der Waals surface area contributed by atoms with Gasteiger partial charge in [0.1, 0.15) is 5.65 Å². The number of nitrogens with zero attached hydrogens (tertiary/aromatic N) is 3. The van der Waals surface area contributed by atoms with E-state index in [9.17, 15) is 4.79 Å². The van der Waals surface area contributed by atoms with Crippen molar-refractivity contribution in [2.45, 2.75) is 44.1 Å². The number of nitrogens with one attached hydrogen (secondary N) is 1. The van der Waals surface area contributed by atoms with Crippen LogP contribution in [0.4, 0.5) is 10.5 Å². The lowest BCUT2D eigenvalue weighted by Crippen LogP contribution is -2.29. The van der Waals surface area contributed by atoms with Crippen LogP contribution < -0.4 is 10.2 Å².